The second-order valence-corrected chi connectivity index (χ2v) is 7.36. The lowest BCUT2D eigenvalue weighted by molar-refractivity contribution is 0.867. The van der Waals surface area contributed by atoms with E-state index in [1.54, 1.807) is 11.3 Å². The smallest absolute Gasteiger partial charge is 0.193 e. The van der Waals surface area contributed by atoms with Gasteiger partial charge in [-0.1, -0.05) is 26.0 Å². The van der Waals surface area contributed by atoms with Crippen LogP contribution < -0.4 is 11.1 Å². The van der Waals surface area contributed by atoms with Crippen molar-refractivity contribution in [1.82, 2.24) is 0 Å². The van der Waals surface area contributed by atoms with E-state index in [4.69, 9.17) is 5.73 Å². The van der Waals surface area contributed by atoms with Gasteiger partial charge in [-0.05, 0) is 51.7 Å². The molecule has 0 aliphatic carbocycles. The van der Waals surface area contributed by atoms with E-state index >= 15 is 0 Å². The van der Waals surface area contributed by atoms with Gasteiger partial charge >= 0.3 is 0 Å². The van der Waals surface area contributed by atoms with Gasteiger partial charge < -0.3 is 11.1 Å². The highest BCUT2D eigenvalue weighted by atomic mass is 127. The van der Waals surface area contributed by atoms with Crippen LogP contribution in [0.25, 0.3) is 0 Å². The number of anilines is 1. The first-order valence-electron chi connectivity index (χ1n) is 6.45. The first-order chi connectivity index (χ1) is 9.54. The molecule has 0 unspecified atom stereocenters. The van der Waals surface area contributed by atoms with E-state index < -0.39 is 0 Å². The van der Waals surface area contributed by atoms with Crippen LogP contribution >= 0.6 is 51.2 Å². The third kappa shape index (κ3) is 5.96. The van der Waals surface area contributed by atoms with Crippen LogP contribution in [-0.2, 0) is 6.54 Å². The lowest BCUT2D eigenvalue weighted by Crippen LogP contribution is -2.22. The molecule has 1 aromatic heterocycles. The van der Waals surface area contributed by atoms with Crippen molar-refractivity contribution in [2.24, 2.45) is 10.7 Å². The van der Waals surface area contributed by atoms with E-state index in [9.17, 15) is 0 Å². The molecule has 0 aliphatic rings. The SMILES string of the molecule is CC(C)c1cccc(NC(N)=NCc2ccc(Br)s2)c1.I. The average molecular weight is 480 g/mol. The van der Waals surface area contributed by atoms with Crippen LogP contribution in [0.4, 0.5) is 5.69 Å². The fourth-order valence-electron chi connectivity index (χ4n) is 1.76. The maximum Gasteiger partial charge on any atom is 0.193 e. The summed E-state index contributed by atoms with van der Waals surface area (Å²) in [5.41, 5.74) is 8.18. The van der Waals surface area contributed by atoms with Crippen LogP contribution in [0.3, 0.4) is 0 Å². The number of hydrogen-bond donors (Lipinski definition) is 2. The fourth-order valence-corrected chi connectivity index (χ4v) is 3.17. The third-order valence-electron chi connectivity index (χ3n) is 2.86. The molecule has 0 spiro atoms. The summed E-state index contributed by atoms with van der Waals surface area (Å²) in [5.74, 6) is 0.939. The normalized spacial score (nSPS) is 11.3. The molecule has 114 valence electrons. The summed E-state index contributed by atoms with van der Waals surface area (Å²) in [4.78, 5) is 5.53. The van der Waals surface area contributed by atoms with Gasteiger partial charge in [0.2, 0.25) is 0 Å². The summed E-state index contributed by atoms with van der Waals surface area (Å²) in [6.45, 7) is 4.94. The number of aliphatic imine (C=N–C) groups is 1. The highest BCUT2D eigenvalue weighted by molar-refractivity contribution is 14.0. The number of rotatable bonds is 4. The Morgan fingerprint density at radius 1 is 1.33 bits per heavy atom. The number of hydrogen-bond acceptors (Lipinski definition) is 2. The standard InChI is InChI=1S/C15H18BrN3S.HI/c1-10(2)11-4-3-5-12(8-11)19-15(17)18-9-13-6-7-14(16)20-13;/h3-8,10H,9H2,1-2H3,(H3,17,18,19);1H. The molecular formula is C15H19BrIN3S. The van der Waals surface area contributed by atoms with E-state index in [0.29, 0.717) is 18.4 Å². The lowest BCUT2D eigenvalue weighted by atomic mass is 10.0. The van der Waals surface area contributed by atoms with Crippen LogP contribution in [0.2, 0.25) is 0 Å². The monoisotopic (exact) mass is 479 g/mol. The summed E-state index contributed by atoms with van der Waals surface area (Å²) in [7, 11) is 0. The number of nitrogens with two attached hydrogens (primary N) is 1. The zero-order chi connectivity index (χ0) is 14.5. The second-order valence-electron chi connectivity index (χ2n) is 4.81. The Bertz CT molecular complexity index is 610. The molecule has 1 heterocycles. The van der Waals surface area contributed by atoms with Crippen molar-refractivity contribution in [3.05, 3.63) is 50.6 Å². The Kier molecular flexibility index (Phi) is 7.69. The first-order valence-corrected chi connectivity index (χ1v) is 8.06. The molecule has 0 fully saturated rings. The van der Waals surface area contributed by atoms with Gasteiger partial charge in [-0.3, -0.25) is 0 Å². The first kappa shape index (κ1) is 18.4. The van der Waals surface area contributed by atoms with Gasteiger partial charge in [0, 0.05) is 10.6 Å². The molecule has 0 aliphatic heterocycles. The molecule has 3 nitrogen and oxygen atoms in total. The maximum absolute atomic E-state index is 5.92. The van der Waals surface area contributed by atoms with Crippen molar-refractivity contribution in [2.75, 3.05) is 5.32 Å². The number of benzene rings is 1. The minimum atomic E-state index is 0. The Morgan fingerprint density at radius 3 is 2.71 bits per heavy atom. The summed E-state index contributed by atoms with van der Waals surface area (Å²) >= 11 is 5.11. The van der Waals surface area contributed by atoms with Crippen molar-refractivity contribution in [3.63, 3.8) is 0 Å². The van der Waals surface area contributed by atoms with Crippen LogP contribution in [0.15, 0.2) is 45.2 Å². The predicted molar refractivity (Wildman–Crippen MR) is 107 cm³/mol. The van der Waals surface area contributed by atoms with Gasteiger partial charge in [0.05, 0.1) is 10.3 Å². The Balaban J connectivity index is 0.00000220. The summed E-state index contributed by atoms with van der Waals surface area (Å²) in [6.07, 6.45) is 0. The lowest BCUT2D eigenvalue weighted by Gasteiger charge is -2.09. The van der Waals surface area contributed by atoms with Crippen LogP contribution in [-0.4, -0.2) is 5.96 Å². The fraction of sp³-hybridized carbons (Fsp3) is 0.267. The Hall–Kier alpha value is -0.600. The molecule has 0 radical (unpaired) electrons. The zero-order valence-electron chi connectivity index (χ0n) is 12.0. The summed E-state index contributed by atoms with van der Waals surface area (Å²) in [6, 6.07) is 12.3. The number of thiophene rings is 1. The van der Waals surface area contributed by atoms with Gasteiger partial charge in [-0.25, -0.2) is 4.99 Å². The van der Waals surface area contributed by atoms with E-state index in [0.717, 1.165) is 9.47 Å². The Morgan fingerprint density at radius 2 is 2.10 bits per heavy atom. The van der Waals surface area contributed by atoms with Crippen LogP contribution in [0, 0.1) is 0 Å². The van der Waals surface area contributed by atoms with Crippen molar-refractivity contribution in [2.45, 2.75) is 26.3 Å². The molecular weight excluding hydrogens is 461 g/mol. The van der Waals surface area contributed by atoms with Gasteiger partial charge in [0.25, 0.3) is 0 Å². The van der Waals surface area contributed by atoms with E-state index in [1.807, 2.05) is 24.3 Å². The summed E-state index contributed by atoms with van der Waals surface area (Å²) in [5, 5.41) is 3.13. The molecule has 21 heavy (non-hydrogen) atoms. The van der Waals surface area contributed by atoms with Gasteiger partial charge in [-0.2, -0.15) is 0 Å². The van der Waals surface area contributed by atoms with Crippen molar-refractivity contribution >= 4 is 62.9 Å². The molecule has 0 bridgehead atoms. The van der Waals surface area contributed by atoms with E-state index in [2.05, 4.69) is 52.2 Å². The van der Waals surface area contributed by atoms with Crippen LogP contribution in [0.5, 0.6) is 0 Å². The largest absolute Gasteiger partial charge is 0.370 e. The quantitative estimate of drug-likeness (QED) is 0.360. The van der Waals surface area contributed by atoms with Gasteiger partial charge in [0.15, 0.2) is 5.96 Å². The van der Waals surface area contributed by atoms with Crippen molar-refractivity contribution < 1.29 is 0 Å². The minimum Gasteiger partial charge on any atom is -0.370 e. The molecule has 0 amide bonds. The predicted octanol–water partition coefficient (Wildman–Crippen LogP) is 5.18. The highest BCUT2D eigenvalue weighted by Gasteiger charge is 2.01. The number of nitrogens with zero attached hydrogens (tertiary/aromatic N) is 1. The highest BCUT2D eigenvalue weighted by Crippen LogP contribution is 2.22. The maximum atomic E-state index is 5.92. The topological polar surface area (TPSA) is 50.4 Å². The molecule has 1 aromatic carbocycles. The molecule has 6 heteroatoms. The Labute approximate surface area is 155 Å². The third-order valence-corrected chi connectivity index (χ3v) is 4.47. The summed E-state index contributed by atoms with van der Waals surface area (Å²) < 4.78 is 1.11. The van der Waals surface area contributed by atoms with Gasteiger partial charge in [0.1, 0.15) is 0 Å². The average Bonchev–Trinajstić information content (AvgIpc) is 2.82. The minimum absolute atomic E-state index is 0. The number of nitrogens with one attached hydrogen (secondary N) is 1. The van der Waals surface area contributed by atoms with E-state index in [1.165, 1.54) is 10.4 Å². The zero-order valence-corrected chi connectivity index (χ0v) is 16.7. The second kappa shape index (κ2) is 8.75. The van der Waals surface area contributed by atoms with Crippen molar-refractivity contribution in [1.29, 1.82) is 0 Å². The molecule has 0 saturated heterocycles. The molecule has 2 rings (SSSR count). The molecule has 3 N–H and O–H groups in total. The number of guanidine groups is 1. The molecule has 2 aromatic rings. The molecule has 0 atom stereocenters. The van der Waals surface area contributed by atoms with Gasteiger partial charge in [-0.15, -0.1) is 35.3 Å². The van der Waals surface area contributed by atoms with E-state index in [-0.39, 0.29) is 24.0 Å². The van der Waals surface area contributed by atoms with Crippen molar-refractivity contribution in [3.8, 4) is 0 Å². The van der Waals surface area contributed by atoms with Crippen LogP contribution in [0.1, 0.15) is 30.2 Å². The number of halogens is 2. The molecule has 0 saturated carbocycles.